The minimum absolute atomic E-state index is 0.0771. The molecule has 0 saturated carbocycles. The highest BCUT2D eigenvalue weighted by Gasteiger charge is 2.28. The third kappa shape index (κ3) is 12.4. The third-order valence-electron chi connectivity index (χ3n) is 13.2. The van der Waals surface area contributed by atoms with Crippen LogP contribution in [0.1, 0.15) is 114 Å². The smallest absolute Gasteiger partial charge is 0.146 e. The molecule has 0 unspecified atom stereocenters. The predicted octanol–water partition coefficient (Wildman–Crippen LogP) is 21.1. The maximum atomic E-state index is 9.34. The average molecular weight is 1210 g/mol. The fourth-order valence-corrected chi connectivity index (χ4v) is 17.9. The molecule has 10 rings (SSSR count). The molecule has 10 nitrogen and oxygen atoms in total. The first-order valence-electron chi connectivity index (χ1n) is 27.0. The van der Waals surface area contributed by atoms with Crippen LogP contribution >= 0.6 is 90.7 Å². The number of aromatic nitrogens is 2. The van der Waals surface area contributed by atoms with Crippen LogP contribution in [0, 0.1) is 45.3 Å². The van der Waals surface area contributed by atoms with Crippen LogP contribution in [-0.2, 0) is 0 Å². The van der Waals surface area contributed by atoms with Crippen molar-refractivity contribution in [2.45, 2.75) is 105 Å². The lowest BCUT2D eigenvalue weighted by molar-refractivity contribution is 0.309. The molecule has 18 heteroatoms. The Morgan fingerprint density at radius 3 is 1.01 bits per heavy atom. The lowest BCUT2D eigenvalue weighted by atomic mass is 10.1. The number of ether oxygens (including phenoxy) is 4. The van der Waals surface area contributed by atoms with E-state index in [1.165, 1.54) is 22.7 Å². The summed E-state index contributed by atoms with van der Waals surface area (Å²) in [5.41, 5.74) is 0.154. The fourth-order valence-electron chi connectivity index (χ4n) is 9.13. The van der Waals surface area contributed by atoms with E-state index in [1.54, 1.807) is 80.2 Å². The van der Waals surface area contributed by atoms with Crippen LogP contribution in [-0.4, -0.2) is 36.4 Å². The Kier molecular flexibility index (Phi) is 19.1. The van der Waals surface area contributed by atoms with Gasteiger partial charge in [-0.05, 0) is 86.4 Å². The van der Waals surface area contributed by atoms with E-state index in [2.05, 4.69) is 52.0 Å². The van der Waals surface area contributed by atoms with E-state index in [0.717, 1.165) is 199 Å². The van der Waals surface area contributed by atoms with Gasteiger partial charge in [0.2, 0.25) is 0 Å². The number of nitriles is 4. The second-order valence-corrected chi connectivity index (χ2v) is 27.5. The maximum absolute atomic E-state index is 9.34. The first-order chi connectivity index (χ1) is 39.3. The van der Waals surface area contributed by atoms with Gasteiger partial charge in [0.05, 0.1) is 64.7 Å². The van der Waals surface area contributed by atoms with Crippen molar-refractivity contribution in [3.05, 3.63) is 81.8 Å². The van der Waals surface area contributed by atoms with Crippen molar-refractivity contribution in [2.75, 3.05) is 26.4 Å². The highest BCUT2D eigenvalue weighted by Crippen LogP contribution is 2.57. The van der Waals surface area contributed by atoms with Crippen LogP contribution in [0.2, 0.25) is 0 Å². The first kappa shape index (κ1) is 56.8. The normalized spacial score (nSPS) is 11.2. The van der Waals surface area contributed by atoms with Gasteiger partial charge in [0.25, 0.3) is 0 Å². The van der Waals surface area contributed by atoms with Crippen molar-refractivity contribution < 1.29 is 18.9 Å². The van der Waals surface area contributed by atoms with Gasteiger partial charge in [-0.25, -0.2) is 9.97 Å². The van der Waals surface area contributed by atoms with Gasteiger partial charge < -0.3 is 18.9 Å². The topological polar surface area (TPSA) is 158 Å². The minimum atomic E-state index is 0.0771. The Labute approximate surface area is 498 Å². The number of nitrogens with zero attached hydrogens (tertiary/aromatic N) is 6. The van der Waals surface area contributed by atoms with Gasteiger partial charge >= 0.3 is 0 Å². The van der Waals surface area contributed by atoms with Gasteiger partial charge in [0, 0.05) is 63.2 Å². The molecular weight excluding hydrogens is 1150 g/mol. The van der Waals surface area contributed by atoms with Crippen molar-refractivity contribution >= 4 is 143 Å². The Balaban J connectivity index is 1.09. The largest absolute Gasteiger partial charge is 0.491 e. The summed E-state index contributed by atoms with van der Waals surface area (Å²) in [6.07, 6.45) is 19.6. The van der Waals surface area contributed by atoms with Gasteiger partial charge in [-0.15, -0.1) is 90.7 Å². The molecule has 0 aliphatic heterocycles. The molecule has 406 valence electrons. The van der Waals surface area contributed by atoms with Crippen molar-refractivity contribution in [2.24, 2.45) is 0 Å². The van der Waals surface area contributed by atoms with Gasteiger partial charge in [-0.2, -0.15) is 21.0 Å². The molecule has 0 fully saturated rings. The molecule has 0 N–H and O–H groups in total. The van der Waals surface area contributed by atoms with Gasteiger partial charge in [0.1, 0.15) is 68.4 Å². The first-order valence-corrected chi connectivity index (χ1v) is 33.6. The number of thiazole rings is 2. The van der Waals surface area contributed by atoms with E-state index in [9.17, 15) is 21.0 Å². The molecule has 0 bridgehead atoms. The van der Waals surface area contributed by atoms with E-state index in [0.29, 0.717) is 26.4 Å². The van der Waals surface area contributed by atoms with Crippen LogP contribution < -0.4 is 18.9 Å². The second-order valence-electron chi connectivity index (χ2n) is 19.0. The quantitative estimate of drug-likeness (QED) is 0.0358. The van der Waals surface area contributed by atoms with E-state index in [4.69, 9.17) is 28.9 Å². The van der Waals surface area contributed by atoms with E-state index in [1.807, 2.05) is 60.9 Å². The number of thiophene rings is 6. The number of benzene rings is 2. The van der Waals surface area contributed by atoms with Gasteiger partial charge in [-0.1, -0.05) is 79.1 Å². The van der Waals surface area contributed by atoms with E-state index in [-0.39, 0.29) is 11.1 Å². The number of hydrogen-bond donors (Lipinski definition) is 0. The second kappa shape index (κ2) is 26.9. The maximum Gasteiger partial charge on any atom is 0.146 e. The highest BCUT2D eigenvalue weighted by atomic mass is 32.1. The molecule has 10 aromatic rings. The Bertz CT molecular complexity index is 3640. The predicted molar refractivity (Wildman–Crippen MR) is 341 cm³/mol. The Morgan fingerprint density at radius 1 is 0.388 bits per heavy atom. The Morgan fingerprint density at radius 2 is 0.700 bits per heavy atom. The monoisotopic (exact) mass is 1200 g/mol. The zero-order chi connectivity index (χ0) is 55.5. The van der Waals surface area contributed by atoms with Crippen LogP contribution in [0.5, 0.6) is 23.0 Å². The average Bonchev–Trinajstić information content (AvgIpc) is 4.49. The third-order valence-corrected chi connectivity index (χ3v) is 22.7. The molecule has 8 heterocycles. The molecular formula is C62H56N6O4S8. The molecule has 2 aromatic carbocycles. The summed E-state index contributed by atoms with van der Waals surface area (Å²) < 4.78 is 32.0. The van der Waals surface area contributed by atoms with Crippen LogP contribution in [0.3, 0.4) is 0 Å². The SMILES string of the molecule is CCCCCOc1c2cc(-c3ncc(-c4ccc(C=C(C#N)C#N)s4)s3)sc2c(OCCCCC)c2cc(-c3cc4c(OCCCCC)c5sc(-c6ncc(-c7ccc(C=C(C#N)C#N)s7)s6)cc5c(OCCCCC)c4s3)sc12. The van der Waals surface area contributed by atoms with Crippen molar-refractivity contribution in [1.82, 2.24) is 9.97 Å². The molecule has 0 radical (unpaired) electrons. The van der Waals surface area contributed by atoms with Gasteiger partial charge in [-0.3, -0.25) is 0 Å². The zero-order valence-electron chi connectivity index (χ0n) is 44.8. The van der Waals surface area contributed by atoms with Crippen molar-refractivity contribution in [3.8, 4) is 96.3 Å². The molecule has 0 amide bonds. The summed E-state index contributed by atoms with van der Waals surface area (Å²) in [5, 5.41) is 43.3. The Hall–Kier alpha value is -6.42. The molecule has 0 spiro atoms. The highest BCUT2D eigenvalue weighted by molar-refractivity contribution is 7.31. The summed E-state index contributed by atoms with van der Waals surface area (Å²) in [6.45, 7) is 11.3. The van der Waals surface area contributed by atoms with Crippen LogP contribution in [0.4, 0.5) is 0 Å². The number of rotatable bonds is 27. The van der Waals surface area contributed by atoms with Crippen LogP contribution in [0.25, 0.3) is 102 Å². The summed E-state index contributed by atoms with van der Waals surface area (Å²) in [7, 11) is 0. The number of hydrogen-bond acceptors (Lipinski definition) is 18. The molecule has 80 heavy (non-hydrogen) atoms. The molecule has 0 atom stereocenters. The summed E-state index contributed by atoms with van der Waals surface area (Å²) in [5.74, 6) is 3.52. The molecule has 0 saturated heterocycles. The summed E-state index contributed by atoms with van der Waals surface area (Å²) >= 11 is 13.2. The minimum Gasteiger partial charge on any atom is -0.491 e. The van der Waals surface area contributed by atoms with Gasteiger partial charge in [0.15, 0.2) is 0 Å². The lowest BCUT2D eigenvalue weighted by Crippen LogP contribution is -2.00. The zero-order valence-corrected chi connectivity index (χ0v) is 51.4. The fraction of sp³-hybridized carbons (Fsp3) is 0.323. The van der Waals surface area contributed by atoms with E-state index < -0.39 is 0 Å². The summed E-state index contributed by atoms with van der Waals surface area (Å²) in [4.78, 5) is 20.0. The van der Waals surface area contributed by atoms with Crippen molar-refractivity contribution in [3.63, 3.8) is 0 Å². The lowest BCUT2D eigenvalue weighted by Gasteiger charge is -2.13. The van der Waals surface area contributed by atoms with Crippen molar-refractivity contribution in [1.29, 1.82) is 21.0 Å². The summed E-state index contributed by atoms with van der Waals surface area (Å²) in [6, 6.07) is 24.9. The molecule has 0 aliphatic rings. The standard InChI is InChI=1S/C62H56N6O4S8/c1-5-9-13-21-69-53-41-27-47(75-57(41)55(71-23-15-11-7-3)43-29-49(77-59(43)53)61-67-35-51(79-61)45-19-17-39(73-45)25-37(31-63)32-64)48-28-42-54(70-22-14-10-6-2)60-44(56(58(42)76-48)72-24-16-12-8-4)30-50(78-60)62-68-36-52(80-62)46-20-18-40(74-46)26-38(33-65)34-66/h17-20,25-30,35-36H,5-16,21-24H2,1-4H3. The number of allylic oxidation sites excluding steroid dienone is 2. The number of unbranched alkanes of at least 4 members (excludes halogenated alkanes) is 8. The van der Waals surface area contributed by atoms with E-state index >= 15 is 0 Å². The van der Waals surface area contributed by atoms with Crippen LogP contribution in [0.15, 0.2) is 72.1 Å². The molecule has 8 aromatic heterocycles. The number of fused-ring (bicyclic) bond motifs is 4. The molecule has 0 aliphatic carbocycles.